The molecular formula is C22H23NO5S. The Morgan fingerprint density at radius 3 is 2.24 bits per heavy atom. The van der Waals surface area contributed by atoms with E-state index >= 15 is 0 Å². The van der Waals surface area contributed by atoms with Crippen LogP contribution in [-0.2, 0) is 23.5 Å². The molecule has 7 heteroatoms. The van der Waals surface area contributed by atoms with Crippen molar-refractivity contribution in [1.29, 1.82) is 0 Å². The molecule has 0 saturated heterocycles. The molecule has 0 unspecified atom stereocenters. The van der Waals surface area contributed by atoms with Crippen molar-refractivity contribution in [2.75, 3.05) is 13.4 Å². The highest BCUT2D eigenvalue weighted by Gasteiger charge is 2.13. The number of aryl methyl sites for hydroxylation is 2. The molecule has 6 nitrogen and oxygen atoms in total. The maximum atomic E-state index is 12.2. The number of pyridine rings is 1. The van der Waals surface area contributed by atoms with E-state index in [4.69, 9.17) is 9.47 Å². The molecule has 2 aromatic carbocycles. The highest BCUT2D eigenvalue weighted by atomic mass is 32.2. The molecule has 0 N–H and O–H groups in total. The van der Waals surface area contributed by atoms with E-state index in [0.29, 0.717) is 16.9 Å². The molecule has 0 fully saturated rings. The summed E-state index contributed by atoms with van der Waals surface area (Å²) in [4.78, 5) is 12.1. The monoisotopic (exact) mass is 413 g/mol. The average molecular weight is 413 g/mol. The minimum Gasteiger partial charge on any atom is -0.497 e. The number of ether oxygens (including phenoxy) is 2. The molecule has 3 aromatic rings. The Morgan fingerprint density at radius 1 is 0.966 bits per heavy atom. The maximum absolute atomic E-state index is 12.2. The smallest absolute Gasteiger partial charge is 0.253 e. The molecule has 0 saturated carbocycles. The van der Waals surface area contributed by atoms with E-state index in [1.165, 1.54) is 10.6 Å². The van der Waals surface area contributed by atoms with Crippen molar-refractivity contribution in [3.63, 3.8) is 0 Å². The van der Waals surface area contributed by atoms with Gasteiger partial charge in [0.2, 0.25) is 0 Å². The molecule has 1 aromatic heterocycles. The predicted octanol–water partition coefficient (Wildman–Crippen LogP) is 3.35. The third-order valence-corrected chi connectivity index (χ3v) is 5.66. The van der Waals surface area contributed by atoms with E-state index in [-0.39, 0.29) is 17.1 Å². The summed E-state index contributed by atoms with van der Waals surface area (Å²) in [5.74, 6) is 1.19. The summed E-state index contributed by atoms with van der Waals surface area (Å²) in [6.07, 6.45) is 2.84. The van der Waals surface area contributed by atoms with Crippen molar-refractivity contribution in [1.82, 2.24) is 4.57 Å². The van der Waals surface area contributed by atoms with Gasteiger partial charge in [-0.1, -0.05) is 12.1 Å². The van der Waals surface area contributed by atoms with Crippen molar-refractivity contribution < 1.29 is 17.9 Å². The first-order valence-corrected chi connectivity index (χ1v) is 10.8. The summed E-state index contributed by atoms with van der Waals surface area (Å²) in [5, 5.41) is 0. The van der Waals surface area contributed by atoms with Crippen LogP contribution in [0.25, 0.3) is 11.1 Å². The summed E-state index contributed by atoms with van der Waals surface area (Å²) in [6.45, 7) is 2.01. The van der Waals surface area contributed by atoms with E-state index in [9.17, 15) is 13.2 Å². The number of rotatable bonds is 6. The van der Waals surface area contributed by atoms with E-state index in [0.717, 1.165) is 23.1 Å². The third-order valence-electron chi connectivity index (χ3n) is 4.57. The molecule has 0 aliphatic rings. The van der Waals surface area contributed by atoms with Crippen LogP contribution in [0.1, 0.15) is 11.1 Å². The van der Waals surface area contributed by atoms with Gasteiger partial charge in [0, 0.05) is 25.1 Å². The van der Waals surface area contributed by atoms with Gasteiger partial charge in [-0.25, -0.2) is 8.42 Å². The van der Waals surface area contributed by atoms with Crippen LogP contribution in [0, 0.1) is 6.92 Å². The van der Waals surface area contributed by atoms with Crippen molar-refractivity contribution in [3.8, 4) is 22.6 Å². The van der Waals surface area contributed by atoms with Gasteiger partial charge < -0.3 is 14.0 Å². The Bertz CT molecular complexity index is 1170. The third kappa shape index (κ3) is 4.86. The van der Waals surface area contributed by atoms with Gasteiger partial charge in [0.05, 0.1) is 12.0 Å². The lowest BCUT2D eigenvalue weighted by molar-refractivity contribution is 0.305. The summed E-state index contributed by atoms with van der Waals surface area (Å²) in [7, 11) is -0.172. The summed E-state index contributed by atoms with van der Waals surface area (Å²) in [6, 6.07) is 14.1. The number of hydrogen-bond acceptors (Lipinski definition) is 5. The Kier molecular flexibility index (Phi) is 5.79. The molecule has 29 heavy (non-hydrogen) atoms. The molecule has 3 rings (SSSR count). The molecule has 152 valence electrons. The van der Waals surface area contributed by atoms with Crippen LogP contribution in [0.4, 0.5) is 0 Å². The topological polar surface area (TPSA) is 74.6 Å². The molecule has 0 radical (unpaired) electrons. The van der Waals surface area contributed by atoms with Gasteiger partial charge in [-0.2, -0.15) is 0 Å². The normalized spacial score (nSPS) is 11.3. The van der Waals surface area contributed by atoms with Gasteiger partial charge in [0.15, 0.2) is 9.84 Å². The van der Waals surface area contributed by atoms with Gasteiger partial charge in [-0.15, -0.1) is 0 Å². The molecule has 0 bridgehead atoms. The molecule has 0 amide bonds. The summed E-state index contributed by atoms with van der Waals surface area (Å²) < 4.78 is 36.9. The zero-order chi connectivity index (χ0) is 21.2. The van der Waals surface area contributed by atoms with Crippen LogP contribution < -0.4 is 15.0 Å². The number of sulfone groups is 1. The number of benzene rings is 2. The standard InChI is InChI=1S/C22H23NO5S/c1-15-9-18(13-23(2)22(15)24)17-10-20(12-21(11-17)29(4,25)26)28-14-16-5-7-19(27-3)8-6-16/h5-13H,14H2,1-4H3. The fourth-order valence-corrected chi connectivity index (χ4v) is 3.63. The number of nitrogens with zero attached hydrogens (tertiary/aromatic N) is 1. The maximum Gasteiger partial charge on any atom is 0.253 e. The van der Waals surface area contributed by atoms with Crippen molar-refractivity contribution in [2.24, 2.45) is 7.05 Å². The Balaban J connectivity index is 1.98. The fraction of sp³-hybridized carbons (Fsp3) is 0.227. The first kappa shape index (κ1) is 20.7. The number of aromatic nitrogens is 1. The molecule has 0 atom stereocenters. The first-order valence-electron chi connectivity index (χ1n) is 8.96. The lowest BCUT2D eigenvalue weighted by Gasteiger charge is -2.12. The van der Waals surface area contributed by atoms with Crippen LogP contribution in [0.2, 0.25) is 0 Å². The molecule has 0 aliphatic carbocycles. The van der Waals surface area contributed by atoms with Crippen LogP contribution in [-0.4, -0.2) is 26.4 Å². The van der Waals surface area contributed by atoms with E-state index in [1.54, 1.807) is 45.5 Å². The SMILES string of the molecule is COc1ccc(COc2cc(-c3cc(C)c(=O)n(C)c3)cc(S(C)(=O)=O)c2)cc1. The minimum atomic E-state index is -3.44. The second kappa shape index (κ2) is 8.13. The average Bonchev–Trinajstić information content (AvgIpc) is 2.69. The van der Waals surface area contributed by atoms with Crippen LogP contribution in [0.3, 0.4) is 0 Å². The summed E-state index contributed by atoms with van der Waals surface area (Å²) in [5.41, 5.74) is 2.82. The lowest BCUT2D eigenvalue weighted by atomic mass is 10.1. The zero-order valence-electron chi connectivity index (χ0n) is 16.8. The lowest BCUT2D eigenvalue weighted by Crippen LogP contribution is -2.18. The quantitative estimate of drug-likeness (QED) is 0.620. The fourth-order valence-electron chi connectivity index (χ4n) is 2.96. The van der Waals surface area contributed by atoms with Crippen molar-refractivity contribution >= 4 is 9.84 Å². The van der Waals surface area contributed by atoms with E-state index in [1.807, 2.05) is 24.3 Å². The molecular weight excluding hydrogens is 390 g/mol. The Labute approximate surface area is 170 Å². The van der Waals surface area contributed by atoms with Gasteiger partial charge in [-0.05, 0) is 60.0 Å². The minimum absolute atomic E-state index is 0.0935. The van der Waals surface area contributed by atoms with Crippen molar-refractivity contribution in [3.05, 3.63) is 76.2 Å². The molecule has 0 aliphatic heterocycles. The van der Waals surface area contributed by atoms with Gasteiger partial charge in [0.1, 0.15) is 18.1 Å². The second-order valence-electron chi connectivity index (χ2n) is 6.93. The Morgan fingerprint density at radius 2 is 1.66 bits per heavy atom. The zero-order valence-corrected chi connectivity index (χ0v) is 17.6. The van der Waals surface area contributed by atoms with E-state index < -0.39 is 9.84 Å². The largest absolute Gasteiger partial charge is 0.497 e. The highest BCUT2D eigenvalue weighted by molar-refractivity contribution is 7.90. The van der Waals surface area contributed by atoms with Gasteiger partial charge in [-0.3, -0.25) is 4.79 Å². The van der Waals surface area contributed by atoms with Gasteiger partial charge in [0.25, 0.3) is 5.56 Å². The first-order chi connectivity index (χ1) is 13.7. The highest BCUT2D eigenvalue weighted by Crippen LogP contribution is 2.29. The van der Waals surface area contributed by atoms with Crippen LogP contribution in [0.15, 0.2) is 64.4 Å². The molecule has 0 spiro atoms. The Hall–Kier alpha value is -3.06. The number of methoxy groups -OCH3 is 1. The van der Waals surface area contributed by atoms with Crippen LogP contribution in [0.5, 0.6) is 11.5 Å². The van der Waals surface area contributed by atoms with Crippen LogP contribution >= 0.6 is 0 Å². The van der Waals surface area contributed by atoms with Crippen molar-refractivity contribution in [2.45, 2.75) is 18.4 Å². The second-order valence-corrected chi connectivity index (χ2v) is 8.95. The summed E-state index contributed by atoms with van der Waals surface area (Å²) >= 11 is 0. The molecule has 1 heterocycles. The van der Waals surface area contributed by atoms with E-state index in [2.05, 4.69) is 0 Å². The number of hydrogen-bond donors (Lipinski definition) is 0. The predicted molar refractivity (Wildman–Crippen MR) is 112 cm³/mol. The van der Waals surface area contributed by atoms with Gasteiger partial charge >= 0.3 is 0 Å².